The van der Waals surface area contributed by atoms with Crippen LogP contribution in [0.3, 0.4) is 0 Å². The average Bonchev–Trinajstić information content (AvgIpc) is 2.98. The number of hydrogen-bond acceptors (Lipinski definition) is 3. The Bertz CT molecular complexity index is 415. The van der Waals surface area contributed by atoms with E-state index in [9.17, 15) is 4.79 Å². The fourth-order valence-corrected chi connectivity index (χ4v) is 2.69. The maximum absolute atomic E-state index is 12.3. The molecule has 1 aliphatic rings. The number of benzene rings is 1. The van der Waals surface area contributed by atoms with Crippen molar-refractivity contribution in [2.45, 2.75) is 38.8 Å². The molecule has 2 rings (SSSR count). The predicted octanol–water partition coefficient (Wildman–Crippen LogP) is 2.09. The summed E-state index contributed by atoms with van der Waals surface area (Å²) in [6.07, 6.45) is 2.45. The van der Waals surface area contributed by atoms with Crippen LogP contribution in [0.2, 0.25) is 0 Å². The van der Waals surface area contributed by atoms with Gasteiger partial charge >= 0.3 is 0 Å². The van der Waals surface area contributed by atoms with E-state index in [-0.39, 0.29) is 11.9 Å². The molecule has 1 aliphatic heterocycles. The monoisotopic (exact) mass is 275 g/mol. The molecule has 0 bridgehead atoms. The van der Waals surface area contributed by atoms with Crippen molar-refractivity contribution in [3.05, 3.63) is 30.3 Å². The quantitative estimate of drug-likeness (QED) is 0.835. The third kappa shape index (κ3) is 4.05. The zero-order valence-corrected chi connectivity index (χ0v) is 12.4. The van der Waals surface area contributed by atoms with Gasteiger partial charge in [0.1, 0.15) is 0 Å². The highest BCUT2D eigenvalue weighted by Gasteiger charge is 2.24. The van der Waals surface area contributed by atoms with Crippen LogP contribution in [0.1, 0.15) is 26.7 Å². The fourth-order valence-electron chi connectivity index (χ4n) is 2.69. The molecule has 0 saturated carbocycles. The van der Waals surface area contributed by atoms with E-state index in [0.29, 0.717) is 6.04 Å². The summed E-state index contributed by atoms with van der Waals surface area (Å²) in [6, 6.07) is 10.1. The first kappa shape index (κ1) is 15.0. The lowest BCUT2D eigenvalue weighted by Crippen LogP contribution is -2.47. The average molecular weight is 275 g/mol. The molecule has 2 unspecified atom stereocenters. The fraction of sp³-hybridized carbons (Fsp3) is 0.562. The Morgan fingerprint density at radius 2 is 2.20 bits per heavy atom. The number of nitrogens with zero attached hydrogens (tertiary/aromatic N) is 1. The number of rotatable bonds is 6. The van der Waals surface area contributed by atoms with Crippen LogP contribution < -0.4 is 10.6 Å². The number of hydrogen-bond donors (Lipinski definition) is 2. The SMILES string of the molecule is CCN(CC1CCCN1)C(C)C(=O)Nc1ccccc1. The lowest BCUT2D eigenvalue weighted by Gasteiger charge is -2.29. The summed E-state index contributed by atoms with van der Waals surface area (Å²) in [5.41, 5.74) is 0.861. The number of carbonyl (C=O) groups is 1. The minimum Gasteiger partial charge on any atom is -0.325 e. The number of carbonyl (C=O) groups excluding carboxylic acids is 1. The Morgan fingerprint density at radius 1 is 1.45 bits per heavy atom. The van der Waals surface area contributed by atoms with Gasteiger partial charge in [-0.2, -0.15) is 0 Å². The van der Waals surface area contributed by atoms with Gasteiger partial charge in [0.05, 0.1) is 6.04 Å². The largest absolute Gasteiger partial charge is 0.325 e. The molecule has 1 saturated heterocycles. The topological polar surface area (TPSA) is 44.4 Å². The minimum absolute atomic E-state index is 0.0658. The maximum atomic E-state index is 12.3. The van der Waals surface area contributed by atoms with Gasteiger partial charge in [0.15, 0.2) is 0 Å². The molecule has 4 heteroatoms. The smallest absolute Gasteiger partial charge is 0.241 e. The van der Waals surface area contributed by atoms with Gasteiger partial charge in [-0.15, -0.1) is 0 Å². The lowest BCUT2D eigenvalue weighted by molar-refractivity contribution is -0.120. The second-order valence-electron chi connectivity index (χ2n) is 5.41. The van der Waals surface area contributed by atoms with Gasteiger partial charge in [-0.25, -0.2) is 0 Å². The van der Waals surface area contributed by atoms with Crippen molar-refractivity contribution >= 4 is 11.6 Å². The maximum Gasteiger partial charge on any atom is 0.241 e. The van der Waals surface area contributed by atoms with Gasteiger partial charge in [0, 0.05) is 18.3 Å². The van der Waals surface area contributed by atoms with E-state index in [1.807, 2.05) is 37.3 Å². The van der Waals surface area contributed by atoms with Crippen molar-refractivity contribution in [3.63, 3.8) is 0 Å². The van der Waals surface area contributed by atoms with Crippen LogP contribution in [0, 0.1) is 0 Å². The van der Waals surface area contributed by atoms with Gasteiger partial charge in [-0.05, 0) is 45.0 Å². The second kappa shape index (κ2) is 7.41. The summed E-state index contributed by atoms with van der Waals surface area (Å²) in [5.74, 6) is 0.0658. The highest BCUT2D eigenvalue weighted by atomic mass is 16.2. The molecule has 1 aromatic rings. The zero-order chi connectivity index (χ0) is 14.4. The van der Waals surface area contributed by atoms with Gasteiger partial charge in [-0.3, -0.25) is 9.69 Å². The molecule has 20 heavy (non-hydrogen) atoms. The Morgan fingerprint density at radius 3 is 2.80 bits per heavy atom. The highest BCUT2D eigenvalue weighted by molar-refractivity contribution is 5.94. The van der Waals surface area contributed by atoms with Gasteiger partial charge in [0.2, 0.25) is 5.91 Å². The number of para-hydroxylation sites is 1. The van der Waals surface area contributed by atoms with Crippen molar-refractivity contribution in [1.82, 2.24) is 10.2 Å². The molecule has 2 atom stereocenters. The molecule has 4 nitrogen and oxygen atoms in total. The molecule has 110 valence electrons. The van der Waals surface area contributed by atoms with E-state index >= 15 is 0 Å². The van der Waals surface area contributed by atoms with E-state index in [1.165, 1.54) is 12.8 Å². The van der Waals surface area contributed by atoms with Crippen LogP contribution >= 0.6 is 0 Å². The Kier molecular flexibility index (Phi) is 5.56. The third-order valence-electron chi connectivity index (χ3n) is 3.99. The summed E-state index contributed by atoms with van der Waals surface area (Å²) in [6.45, 7) is 7.03. The predicted molar refractivity (Wildman–Crippen MR) is 82.8 cm³/mol. The van der Waals surface area contributed by atoms with Gasteiger partial charge in [-0.1, -0.05) is 25.1 Å². The molecular weight excluding hydrogens is 250 g/mol. The molecule has 1 amide bonds. The lowest BCUT2D eigenvalue weighted by atomic mass is 10.1. The first-order valence-electron chi connectivity index (χ1n) is 7.54. The van der Waals surface area contributed by atoms with Crippen LogP contribution in [-0.4, -0.2) is 42.5 Å². The Hall–Kier alpha value is -1.39. The Balaban J connectivity index is 1.89. The number of anilines is 1. The normalized spacial score (nSPS) is 20.1. The van der Waals surface area contributed by atoms with E-state index in [0.717, 1.165) is 25.3 Å². The summed E-state index contributed by atoms with van der Waals surface area (Å²) in [4.78, 5) is 14.6. The first-order chi connectivity index (χ1) is 9.70. The van der Waals surface area contributed by atoms with E-state index in [1.54, 1.807) is 0 Å². The highest BCUT2D eigenvalue weighted by Crippen LogP contribution is 2.11. The van der Waals surface area contributed by atoms with E-state index in [2.05, 4.69) is 22.5 Å². The van der Waals surface area contributed by atoms with E-state index < -0.39 is 0 Å². The number of nitrogens with one attached hydrogen (secondary N) is 2. The molecule has 1 heterocycles. The van der Waals surface area contributed by atoms with Crippen molar-refractivity contribution in [2.24, 2.45) is 0 Å². The zero-order valence-electron chi connectivity index (χ0n) is 12.4. The van der Waals surface area contributed by atoms with Crippen LogP contribution in [0.5, 0.6) is 0 Å². The summed E-state index contributed by atoms with van der Waals surface area (Å²) < 4.78 is 0. The van der Waals surface area contributed by atoms with Gasteiger partial charge in [0.25, 0.3) is 0 Å². The van der Waals surface area contributed by atoms with Crippen molar-refractivity contribution in [2.75, 3.05) is 25.0 Å². The number of likely N-dealkylation sites (N-methyl/N-ethyl adjacent to an activating group) is 1. The summed E-state index contributed by atoms with van der Waals surface area (Å²) in [7, 11) is 0. The summed E-state index contributed by atoms with van der Waals surface area (Å²) >= 11 is 0. The molecule has 1 aromatic carbocycles. The molecule has 0 radical (unpaired) electrons. The third-order valence-corrected chi connectivity index (χ3v) is 3.99. The first-order valence-corrected chi connectivity index (χ1v) is 7.54. The van der Waals surface area contributed by atoms with Crippen LogP contribution in [0.25, 0.3) is 0 Å². The summed E-state index contributed by atoms with van der Waals surface area (Å²) in [5, 5.41) is 6.47. The van der Waals surface area contributed by atoms with Crippen molar-refractivity contribution in [1.29, 1.82) is 0 Å². The van der Waals surface area contributed by atoms with E-state index in [4.69, 9.17) is 0 Å². The minimum atomic E-state index is -0.109. The van der Waals surface area contributed by atoms with Crippen LogP contribution in [0.15, 0.2) is 30.3 Å². The van der Waals surface area contributed by atoms with Crippen molar-refractivity contribution < 1.29 is 4.79 Å². The molecule has 0 spiro atoms. The number of amides is 1. The van der Waals surface area contributed by atoms with Crippen molar-refractivity contribution in [3.8, 4) is 0 Å². The Labute approximate surface area is 121 Å². The van der Waals surface area contributed by atoms with Gasteiger partial charge < -0.3 is 10.6 Å². The molecule has 1 fully saturated rings. The van der Waals surface area contributed by atoms with Crippen LogP contribution in [-0.2, 0) is 4.79 Å². The molecule has 0 aromatic heterocycles. The molecule has 2 N–H and O–H groups in total. The molecule has 0 aliphatic carbocycles. The van der Waals surface area contributed by atoms with Crippen LogP contribution in [0.4, 0.5) is 5.69 Å². The molecular formula is C16H25N3O. The standard InChI is InChI=1S/C16H25N3O/c1-3-19(12-15-10-7-11-17-15)13(2)16(20)18-14-8-5-4-6-9-14/h4-6,8-9,13,15,17H,3,7,10-12H2,1-2H3,(H,18,20). The second-order valence-corrected chi connectivity index (χ2v) is 5.41.